The zero-order valence-corrected chi connectivity index (χ0v) is 14.4. The van der Waals surface area contributed by atoms with Crippen LogP contribution in [0, 0.1) is 6.92 Å². The third-order valence-corrected chi connectivity index (χ3v) is 4.75. The molecule has 0 atom stereocenters. The molecule has 2 aromatic carbocycles. The fraction of sp³-hybridized carbons (Fsp3) is 0.158. The van der Waals surface area contributed by atoms with Crippen molar-refractivity contribution in [1.82, 2.24) is 9.38 Å². The van der Waals surface area contributed by atoms with Gasteiger partial charge in [0.15, 0.2) is 4.96 Å². The summed E-state index contributed by atoms with van der Waals surface area (Å²) in [6.07, 6.45) is 0. The van der Waals surface area contributed by atoms with Crippen molar-refractivity contribution in [3.8, 4) is 5.75 Å². The second kappa shape index (κ2) is 6.09. The lowest BCUT2D eigenvalue weighted by Gasteiger charge is -2.03. The number of hydrogen-bond donors (Lipinski definition) is 0. The quantitative estimate of drug-likeness (QED) is 0.553. The van der Waals surface area contributed by atoms with Gasteiger partial charge in [-0.2, -0.15) is 0 Å². The van der Waals surface area contributed by atoms with Crippen LogP contribution in [0.5, 0.6) is 5.75 Å². The van der Waals surface area contributed by atoms with E-state index in [0.29, 0.717) is 6.61 Å². The Balaban J connectivity index is 1.94. The van der Waals surface area contributed by atoms with Crippen LogP contribution in [0.1, 0.15) is 12.6 Å². The molecule has 0 unspecified atom stereocenters. The molecule has 4 nitrogen and oxygen atoms in total. The fourth-order valence-electron chi connectivity index (χ4n) is 2.70. The van der Waals surface area contributed by atoms with Gasteiger partial charge in [0.2, 0.25) is 0 Å². The zero-order chi connectivity index (χ0) is 16.5. The molecular formula is C19H17N3OS. The van der Waals surface area contributed by atoms with E-state index in [9.17, 15) is 0 Å². The number of nitrogens with zero attached hydrogens (tertiary/aromatic N) is 3. The lowest BCUT2D eigenvalue weighted by molar-refractivity contribution is 0.340. The van der Waals surface area contributed by atoms with Gasteiger partial charge >= 0.3 is 0 Å². The molecule has 0 spiro atoms. The van der Waals surface area contributed by atoms with E-state index in [1.807, 2.05) is 50.2 Å². The third kappa shape index (κ3) is 2.67. The minimum Gasteiger partial charge on any atom is -0.494 e. The van der Waals surface area contributed by atoms with Gasteiger partial charge in [-0.25, -0.2) is 9.98 Å². The van der Waals surface area contributed by atoms with Crippen molar-refractivity contribution in [3.05, 3.63) is 65.8 Å². The molecule has 24 heavy (non-hydrogen) atoms. The van der Waals surface area contributed by atoms with Gasteiger partial charge in [-0.05, 0) is 50.2 Å². The monoisotopic (exact) mass is 335 g/mol. The Morgan fingerprint density at radius 2 is 1.92 bits per heavy atom. The highest BCUT2D eigenvalue weighted by molar-refractivity contribution is 7.23. The second-order valence-corrected chi connectivity index (χ2v) is 6.49. The minimum absolute atomic E-state index is 0.664. The molecule has 4 rings (SSSR count). The van der Waals surface area contributed by atoms with Crippen LogP contribution in [0.2, 0.25) is 0 Å². The van der Waals surface area contributed by atoms with Gasteiger partial charge in [-0.1, -0.05) is 23.5 Å². The largest absolute Gasteiger partial charge is 0.494 e. The lowest BCUT2D eigenvalue weighted by atomic mass is 10.3. The average Bonchev–Trinajstić information content (AvgIpc) is 2.95. The molecule has 0 bridgehead atoms. The predicted molar refractivity (Wildman–Crippen MR) is 98.1 cm³/mol. The van der Waals surface area contributed by atoms with Crippen molar-refractivity contribution < 1.29 is 4.74 Å². The lowest BCUT2D eigenvalue weighted by Crippen LogP contribution is -2.14. The first-order chi connectivity index (χ1) is 11.7. The first-order valence-corrected chi connectivity index (χ1v) is 8.72. The molecule has 0 aliphatic rings. The summed E-state index contributed by atoms with van der Waals surface area (Å²) in [4.78, 5) is 10.4. The van der Waals surface area contributed by atoms with E-state index in [1.54, 1.807) is 11.3 Å². The maximum atomic E-state index is 5.49. The average molecular weight is 335 g/mol. The summed E-state index contributed by atoms with van der Waals surface area (Å²) in [6.45, 7) is 4.64. The van der Waals surface area contributed by atoms with Gasteiger partial charge in [0, 0.05) is 11.8 Å². The molecule has 4 aromatic rings. The number of thiazole rings is 1. The van der Waals surface area contributed by atoms with Crippen LogP contribution in [0.4, 0.5) is 5.69 Å². The molecule has 5 heteroatoms. The van der Waals surface area contributed by atoms with Crippen LogP contribution >= 0.6 is 11.3 Å². The van der Waals surface area contributed by atoms with Gasteiger partial charge < -0.3 is 4.74 Å². The van der Waals surface area contributed by atoms with E-state index in [2.05, 4.69) is 27.6 Å². The van der Waals surface area contributed by atoms with Crippen LogP contribution in [0.3, 0.4) is 0 Å². The highest BCUT2D eigenvalue weighted by Gasteiger charge is 2.07. The number of hydrogen-bond acceptors (Lipinski definition) is 4. The van der Waals surface area contributed by atoms with E-state index in [1.165, 1.54) is 4.70 Å². The Hall–Kier alpha value is -2.66. The smallest absolute Gasteiger partial charge is 0.196 e. The number of aryl methyl sites for hydroxylation is 1. The molecule has 0 radical (unpaired) electrons. The van der Waals surface area contributed by atoms with Crippen molar-refractivity contribution in [3.63, 3.8) is 0 Å². The molecule has 0 N–H and O–H groups in total. The molecule has 2 heterocycles. The highest BCUT2D eigenvalue weighted by atomic mass is 32.1. The summed E-state index contributed by atoms with van der Waals surface area (Å²) in [7, 11) is 0. The van der Waals surface area contributed by atoms with Crippen molar-refractivity contribution in [2.45, 2.75) is 13.8 Å². The summed E-state index contributed by atoms with van der Waals surface area (Å²) in [6, 6.07) is 18.2. The normalized spacial score (nSPS) is 12.2. The van der Waals surface area contributed by atoms with Gasteiger partial charge in [-0.3, -0.25) is 4.40 Å². The predicted octanol–water partition coefficient (Wildman–Crippen LogP) is 4.49. The van der Waals surface area contributed by atoms with Crippen LogP contribution in [0.25, 0.3) is 15.2 Å². The van der Waals surface area contributed by atoms with Crippen LogP contribution in [0.15, 0.2) is 59.6 Å². The molecule has 0 saturated heterocycles. The Bertz CT molecular complexity index is 1080. The molecular weight excluding hydrogens is 318 g/mol. The standard InChI is InChI=1S/C19H17N3OS/c1-3-23-15-10-8-14(9-11-15)21-18-12-13(2)20-19-22(18)16-6-4-5-7-17(16)24-19/h4-12H,3H2,1-2H3. The van der Waals surface area contributed by atoms with Crippen LogP contribution < -0.4 is 10.2 Å². The van der Waals surface area contributed by atoms with Gasteiger partial charge in [0.05, 0.1) is 22.5 Å². The Kier molecular flexibility index (Phi) is 3.78. The van der Waals surface area contributed by atoms with E-state index in [-0.39, 0.29) is 0 Å². The number of aromatic nitrogens is 2. The molecule has 0 aliphatic carbocycles. The highest BCUT2D eigenvalue weighted by Crippen LogP contribution is 2.24. The molecule has 0 amide bonds. The maximum absolute atomic E-state index is 5.49. The summed E-state index contributed by atoms with van der Waals surface area (Å²) in [5, 5.41) is 0. The van der Waals surface area contributed by atoms with Crippen LogP contribution in [-0.4, -0.2) is 16.0 Å². The minimum atomic E-state index is 0.664. The summed E-state index contributed by atoms with van der Waals surface area (Å²) in [5.74, 6) is 0.862. The summed E-state index contributed by atoms with van der Waals surface area (Å²) < 4.78 is 8.81. The first kappa shape index (κ1) is 14.9. The van der Waals surface area contributed by atoms with Crippen molar-refractivity contribution in [2.75, 3.05) is 6.61 Å². The Labute approximate surface area is 143 Å². The second-order valence-electron chi connectivity index (χ2n) is 5.48. The Morgan fingerprint density at radius 3 is 2.71 bits per heavy atom. The van der Waals surface area contributed by atoms with Crippen molar-refractivity contribution in [2.24, 2.45) is 4.99 Å². The number of benzene rings is 2. The van der Waals surface area contributed by atoms with E-state index in [4.69, 9.17) is 9.73 Å². The number of para-hydroxylation sites is 1. The summed E-state index contributed by atoms with van der Waals surface area (Å²) >= 11 is 1.68. The van der Waals surface area contributed by atoms with Gasteiger partial charge in [-0.15, -0.1) is 0 Å². The number of fused-ring (bicyclic) bond motifs is 3. The van der Waals surface area contributed by atoms with Gasteiger partial charge in [0.25, 0.3) is 0 Å². The maximum Gasteiger partial charge on any atom is 0.196 e. The van der Waals surface area contributed by atoms with Gasteiger partial charge in [0.1, 0.15) is 11.2 Å². The Morgan fingerprint density at radius 1 is 1.12 bits per heavy atom. The van der Waals surface area contributed by atoms with E-state index < -0.39 is 0 Å². The van der Waals surface area contributed by atoms with E-state index in [0.717, 1.165) is 33.1 Å². The molecule has 0 aliphatic heterocycles. The zero-order valence-electron chi connectivity index (χ0n) is 13.6. The van der Waals surface area contributed by atoms with E-state index >= 15 is 0 Å². The molecule has 120 valence electrons. The molecule has 0 fully saturated rings. The topological polar surface area (TPSA) is 38.9 Å². The van der Waals surface area contributed by atoms with Crippen molar-refractivity contribution in [1.29, 1.82) is 0 Å². The molecule has 0 saturated carbocycles. The SMILES string of the molecule is CCOc1ccc(N=c2cc(C)nc3sc4ccccc4n23)cc1. The fourth-order valence-corrected chi connectivity index (χ4v) is 3.78. The van der Waals surface area contributed by atoms with Crippen LogP contribution in [-0.2, 0) is 0 Å². The number of rotatable bonds is 3. The van der Waals surface area contributed by atoms with Crippen molar-refractivity contribution >= 4 is 32.2 Å². The summed E-state index contributed by atoms with van der Waals surface area (Å²) in [5.41, 5.74) is 3.88. The third-order valence-electron chi connectivity index (χ3n) is 3.73. The first-order valence-electron chi connectivity index (χ1n) is 7.90. The molecule has 2 aromatic heterocycles. The number of ether oxygens (including phenoxy) is 1.